The van der Waals surface area contributed by atoms with Crippen molar-refractivity contribution in [2.45, 2.75) is 31.1 Å². The zero-order valence-electron chi connectivity index (χ0n) is 19.7. The summed E-state index contributed by atoms with van der Waals surface area (Å²) in [7, 11) is -2.16. The van der Waals surface area contributed by atoms with Crippen molar-refractivity contribution in [3.05, 3.63) is 78.0 Å². The predicted octanol–water partition coefficient (Wildman–Crippen LogP) is 4.35. The molecule has 0 aliphatic carbocycles. The molecule has 0 fully saturated rings. The van der Waals surface area contributed by atoms with Gasteiger partial charge in [0.25, 0.3) is 15.9 Å². The molecule has 0 unspecified atom stereocenters. The molecule has 1 heterocycles. The van der Waals surface area contributed by atoms with Gasteiger partial charge in [-0.25, -0.2) is 13.4 Å². The van der Waals surface area contributed by atoms with Crippen molar-refractivity contribution in [1.82, 2.24) is 10.3 Å². The molecule has 1 aromatic heterocycles. The second-order valence-electron chi connectivity index (χ2n) is 8.64. The topological polar surface area (TPSA) is 107 Å². The zero-order valence-corrected chi connectivity index (χ0v) is 20.5. The summed E-state index contributed by atoms with van der Waals surface area (Å²) in [6.07, 6.45) is 1.42. The summed E-state index contributed by atoms with van der Waals surface area (Å²) in [6, 6.07) is 16.5. The summed E-state index contributed by atoms with van der Waals surface area (Å²) in [4.78, 5) is 16.3. The SMILES string of the molecule is COCCNC(=O)c1ccc(Oc2ccc(NS(=O)(=O)c3ccc(C(C)(C)C)cc3)cc2)nc1. The lowest BCUT2D eigenvalue weighted by atomic mass is 9.87. The maximum absolute atomic E-state index is 12.7. The molecule has 34 heavy (non-hydrogen) atoms. The number of hydrogen-bond acceptors (Lipinski definition) is 6. The van der Waals surface area contributed by atoms with Crippen LogP contribution in [0.3, 0.4) is 0 Å². The molecule has 0 aliphatic heterocycles. The Balaban J connectivity index is 1.61. The number of nitrogens with zero attached hydrogens (tertiary/aromatic N) is 1. The molecular weight excluding hydrogens is 454 g/mol. The van der Waals surface area contributed by atoms with Crippen LogP contribution < -0.4 is 14.8 Å². The van der Waals surface area contributed by atoms with Crippen molar-refractivity contribution in [3.63, 3.8) is 0 Å². The molecule has 2 N–H and O–H groups in total. The monoisotopic (exact) mass is 483 g/mol. The van der Waals surface area contributed by atoms with Crippen LogP contribution in [0.25, 0.3) is 0 Å². The van der Waals surface area contributed by atoms with Crippen molar-refractivity contribution >= 4 is 21.6 Å². The lowest BCUT2D eigenvalue weighted by Gasteiger charge is -2.19. The van der Waals surface area contributed by atoms with Crippen molar-refractivity contribution in [3.8, 4) is 11.6 Å². The molecule has 0 saturated carbocycles. The first-order valence-electron chi connectivity index (χ1n) is 10.7. The van der Waals surface area contributed by atoms with Crippen molar-refractivity contribution in [2.75, 3.05) is 25.0 Å². The van der Waals surface area contributed by atoms with Crippen LogP contribution in [-0.4, -0.2) is 39.6 Å². The molecule has 180 valence electrons. The molecule has 0 radical (unpaired) electrons. The minimum absolute atomic E-state index is 0.0583. The Labute approximate surface area is 200 Å². The number of benzene rings is 2. The molecule has 0 saturated heterocycles. The molecule has 0 bridgehead atoms. The van der Waals surface area contributed by atoms with Gasteiger partial charge in [0.15, 0.2) is 0 Å². The average Bonchev–Trinajstić information content (AvgIpc) is 2.80. The number of aromatic nitrogens is 1. The standard InChI is InChI=1S/C25H29N3O5S/c1-25(2,3)19-6-12-22(13-7-19)34(30,31)28-20-8-10-21(11-9-20)33-23-14-5-18(17-27-23)24(29)26-15-16-32-4/h5-14,17,28H,15-16H2,1-4H3,(H,26,29). The number of anilines is 1. The van der Waals surface area contributed by atoms with Gasteiger partial charge < -0.3 is 14.8 Å². The third-order valence-corrected chi connectivity index (χ3v) is 6.35. The van der Waals surface area contributed by atoms with Crippen molar-refractivity contribution < 1.29 is 22.7 Å². The second kappa shape index (κ2) is 10.7. The summed E-state index contributed by atoms with van der Waals surface area (Å²) >= 11 is 0. The number of ether oxygens (including phenoxy) is 2. The van der Waals surface area contributed by atoms with Gasteiger partial charge in [-0.3, -0.25) is 9.52 Å². The molecule has 0 aliphatic rings. The van der Waals surface area contributed by atoms with Gasteiger partial charge >= 0.3 is 0 Å². The number of pyridine rings is 1. The number of amides is 1. The molecule has 3 rings (SSSR count). The first-order chi connectivity index (χ1) is 16.1. The second-order valence-corrected chi connectivity index (χ2v) is 10.3. The Morgan fingerprint density at radius 1 is 0.971 bits per heavy atom. The lowest BCUT2D eigenvalue weighted by molar-refractivity contribution is 0.0936. The number of nitrogens with one attached hydrogen (secondary N) is 2. The maximum Gasteiger partial charge on any atom is 0.261 e. The van der Waals surface area contributed by atoms with E-state index in [1.165, 1.54) is 6.20 Å². The molecule has 0 spiro atoms. The van der Waals surface area contributed by atoms with Gasteiger partial charge in [0.1, 0.15) is 5.75 Å². The Morgan fingerprint density at radius 3 is 2.21 bits per heavy atom. The summed E-state index contributed by atoms with van der Waals surface area (Å²) < 4.78 is 38.6. The van der Waals surface area contributed by atoms with Crippen LogP contribution in [0.2, 0.25) is 0 Å². The highest BCUT2D eigenvalue weighted by atomic mass is 32.2. The van der Waals surface area contributed by atoms with E-state index >= 15 is 0 Å². The first kappa shape index (κ1) is 25.2. The maximum atomic E-state index is 12.7. The third kappa shape index (κ3) is 6.79. The number of methoxy groups -OCH3 is 1. The van der Waals surface area contributed by atoms with Crippen molar-refractivity contribution in [1.29, 1.82) is 0 Å². The predicted molar refractivity (Wildman–Crippen MR) is 131 cm³/mol. The summed E-state index contributed by atoms with van der Waals surface area (Å²) in [5, 5.41) is 2.71. The fraction of sp³-hybridized carbons (Fsp3) is 0.280. The fourth-order valence-electron chi connectivity index (χ4n) is 3.00. The summed E-state index contributed by atoms with van der Waals surface area (Å²) in [6.45, 7) is 7.05. The van der Waals surface area contributed by atoms with Crippen LogP contribution in [-0.2, 0) is 20.2 Å². The van der Waals surface area contributed by atoms with Crippen molar-refractivity contribution in [2.24, 2.45) is 0 Å². The molecule has 0 atom stereocenters. The van der Waals surface area contributed by atoms with Crippen LogP contribution in [0.5, 0.6) is 11.6 Å². The van der Waals surface area contributed by atoms with Gasteiger partial charge in [0.05, 0.1) is 17.1 Å². The van der Waals surface area contributed by atoms with Gasteiger partial charge in [-0.15, -0.1) is 0 Å². The van der Waals surface area contributed by atoms with Gasteiger partial charge in [0.2, 0.25) is 5.88 Å². The number of rotatable bonds is 9. The van der Waals surface area contributed by atoms with E-state index < -0.39 is 10.0 Å². The van der Waals surface area contributed by atoms with E-state index in [4.69, 9.17) is 9.47 Å². The van der Waals surface area contributed by atoms with E-state index in [-0.39, 0.29) is 16.2 Å². The highest BCUT2D eigenvalue weighted by Crippen LogP contribution is 2.26. The number of carbonyl (C=O) groups is 1. The number of sulfonamides is 1. The molecule has 8 nitrogen and oxygen atoms in total. The van der Waals surface area contributed by atoms with Gasteiger partial charge in [-0.05, 0) is 53.4 Å². The van der Waals surface area contributed by atoms with Gasteiger partial charge in [-0.1, -0.05) is 32.9 Å². The Bertz CT molecular complexity index is 1200. The highest BCUT2D eigenvalue weighted by Gasteiger charge is 2.18. The van der Waals surface area contributed by atoms with E-state index in [1.807, 2.05) is 12.1 Å². The molecule has 1 amide bonds. The quantitative estimate of drug-likeness (QED) is 0.438. The summed E-state index contributed by atoms with van der Waals surface area (Å²) in [5.74, 6) is 0.531. The van der Waals surface area contributed by atoms with Crippen LogP contribution in [0.15, 0.2) is 71.8 Å². The Morgan fingerprint density at radius 2 is 1.65 bits per heavy atom. The lowest BCUT2D eigenvalue weighted by Crippen LogP contribution is -2.26. The molecular formula is C25H29N3O5S. The Kier molecular flexibility index (Phi) is 7.90. The largest absolute Gasteiger partial charge is 0.439 e. The molecule has 3 aromatic rings. The van der Waals surface area contributed by atoms with E-state index in [1.54, 1.807) is 55.6 Å². The zero-order chi connectivity index (χ0) is 24.8. The van der Waals surface area contributed by atoms with E-state index in [9.17, 15) is 13.2 Å². The van der Waals surface area contributed by atoms with E-state index in [0.29, 0.717) is 36.0 Å². The van der Waals surface area contributed by atoms with Crippen LogP contribution in [0, 0.1) is 0 Å². The van der Waals surface area contributed by atoms with E-state index in [2.05, 4.69) is 35.8 Å². The first-order valence-corrected chi connectivity index (χ1v) is 12.2. The normalized spacial score (nSPS) is 11.6. The fourth-order valence-corrected chi connectivity index (χ4v) is 4.06. The minimum Gasteiger partial charge on any atom is -0.439 e. The third-order valence-electron chi connectivity index (χ3n) is 4.95. The van der Waals surface area contributed by atoms with Crippen LogP contribution in [0.1, 0.15) is 36.7 Å². The highest BCUT2D eigenvalue weighted by molar-refractivity contribution is 7.92. The van der Waals surface area contributed by atoms with Gasteiger partial charge in [-0.2, -0.15) is 0 Å². The number of carbonyl (C=O) groups excluding carboxylic acids is 1. The van der Waals surface area contributed by atoms with Gasteiger partial charge in [0, 0.05) is 31.6 Å². The smallest absolute Gasteiger partial charge is 0.261 e. The average molecular weight is 484 g/mol. The van der Waals surface area contributed by atoms with E-state index in [0.717, 1.165) is 5.56 Å². The molecule has 2 aromatic carbocycles. The van der Waals surface area contributed by atoms with Crippen LogP contribution >= 0.6 is 0 Å². The van der Waals surface area contributed by atoms with Crippen LogP contribution in [0.4, 0.5) is 5.69 Å². The minimum atomic E-state index is -3.72. The summed E-state index contributed by atoms with van der Waals surface area (Å²) in [5.41, 5.74) is 1.81. The molecule has 9 heteroatoms. The number of hydrogen-bond donors (Lipinski definition) is 2. The Hall–Kier alpha value is -3.43.